The number of hydrogen-bond donors (Lipinski definition) is 3. The number of anilines is 1. The second-order valence-corrected chi connectivity index (χ2v) is 10.3. The number of aryl methyl sites for hydroxylation is 1. The quantitative estimate of drug-likeness (QED) is 0.199. The molecule has 1 atom stereocenters. The summed E-state index contributed by atoms with van der Waals surface area (Å²) < 4.78 is 14.1. The Balaban J connectivity index is 1.22. The predicted molar refractivity (Wildman–Crippen MR) is 151 cm³/mol. The van der Waals surface area contributed by atoms with E-state index in [9.17, 15) is 9.90 Å². The maximum absolute atomic E-state index is 11.4. The van der Waals surface area contributed by atoms with Crippen molar-refractivity contribution >= 4 is 28.1 Å². The van der Waals surface area contributed by atoms with Crippen molar-refractivity contribution in [3.05, 3.63) is 92.7 Å². The summed E-state index contributed by atoms with van der Waals surface area (Å²) in [6, 6.07) is 21.8. The van der Waals surface area contributed by atoms with Gasteiger partial charge in [-0.05, 0) is 67.4 Å². The van der Waals surface area contributed by atoms with E-state index < -0.39 is 0 Å². The molecule has 1 unspecified atom stereocenters. The van der Waals surface area contributed by atoms with Crippen LogP contribution in [0.25, 0.3) is 11.0 Å². The van der Waals surface area contributed by atoms with Gasteiger partial charge >= 0.3 is 4.87 Å². The van der Waals surface area contributed by atoms with E-state index in [0.29, 0.717) is 29.7 Å². The van der Waals surface area contributed by atoms with Gasteiger partial charge in [-0.25, -0.2) is 4.98 Å². The van der Waals surface area contributed by atoms with E-state index in [2.05, 4.69) is 24.1 Å². The van der Waals surface area contributed by atoms with Crippen molar-refractivity contribution < 1.29 is 14.6 Å². The second-order valence-electron chi connectivity index (χ2n) is 9.21. The molecule has 9 heteroatoms. The molecule has 196 valence electrons. The molecule has 3 aromatic carbocycles. The number of hydrogen-bond acceptors (Lipinski definition) is 7. The Morgan fingerprint density at radius 3 is 2.45 bits per heavy atom. The first-order valence-corrected chi connectivity index (χ1v) is 13.3. The number of rotatable bonds is 10. The summed E-state index contributed by atoms with van der Waals surface area (Å²) in [6.45, 7) is 4.63. The minimum Gasteiger partial charge on any atom is -0.494 e. The summed E-state index contributed by atoms with van der Waals surface area (Å²) in [6.07, 6.45) is 1.54. The van der Waals surface area contributed by atoms with Gasteiger partial charge in [-0.2, -0.15) is 0 Å². The van der Waals surface area contributed by atoms with Crippen molar-refractivity contribution in [2.75, 3.05) is 5.32 Å². The van der Waals surface area contributed by atoms with Crippen molar-refractivity contribution in [1.29, 1.82) is 0 Å². The van der Waals surface area contributed by atoms with Gasteiger partial charge in [-0.3, -0.25) is 9.78 Å². The first kappa shape index (κ1) is 25.4. The molecule has 0 saturated carbocycles. The van der Waals surface area contributed by atoms with Gasteiger partial charge in [0.1, 0.15) is 29.7 Å². The van der Waals surface area contributed by atoms with Crippen LogP contribution in [0.15, 0.2) is 71.5 Å². The van der Waals surface area contributed by atoms with E-state index in [4.69, 9.17) is 14.5 Å². The molecule has 38 heavy (non-hydrogen) atoms. The van der Waals surface area contributed by atoms with Gasteiger partial charge in [0.2, 0.25) is 5.88 Å². The molecule has 0 bridgehead atoms. The molecule has 5 rings (SSSR count). The van der Waals surface area contributed by atoms with Gasteiger partial charge in [0.15, 0.2) is 0 Å². The maximum atomic E-state index is 11.4. The van der Waals surface area contributed by atoms with Crippen LogP contribution in [0.5, 0.6) is 23.1 Å². The van der Waals surface area contributed by atoms with Crippen molar-refractivity contribution in [3.8, 4) is 23.1 Å². The van der Waals surface area contributed by atoms with Gasteiger partial charge in [0.05, 0.1) is 15.9 Å². The predicted octanol–water partition coefficient (Wildman–Crippen LogP) is 6.20. The molecule has 0 spiro atoms. The van der Waals surface area contributed by atoms with Crippen molar-refractivity contribution in [3.63, 3.8) is 0 Å². The number of aromatic amines is 1. The third-order valence-corrected chi connectivity index (χ3v) is 7.29. The monoisotopic (exact) mass is 530 g/mol. The lowest BCUT2D eigenvalue weighted by Gasteiger charge is -2.13. The lowest BCUT2D eigenvalue weighted by atomic mass is 10.1. The summed E-state index contributed by atoms with van der Waals surface area (Å²) in [5, 5.41) is 13.2. The smallest absolute Gasteiger partial charge is 0.307 e. The highest BCUT2D eigenvalue weighted by Crippen LogP contribution is 2.28. The third-order valence-electron chi connectivity index (χ3n) is 6.42. The van der Waals surface area contributed by atoms with Crippen LogP contribution < -0.4 is 19.7 Å². The maximum Gasteiger partial charge on any atom is 0.307 e. The van der Waals surface area contributed by atoms with E-state index in [1.165, 1.54) is 0 Å². The van der Waals surface area contributed by atoms with E-state index in [1.54, 1.807) is 0 Å². The van der Waals surface area contributed by atoms with Gasteiger partial charge in [0, 0.05) is 31.3 Å². The Bertz CT molecular complexity index is 1590. The number of aromatic hydroxyl groups is 1. The lowest BCUT2D eigenvalue weighted by molar-refractivity contribution is 0.292. The number of thiazole rings is 1. The number of nitrogens with zero attached hydrogens (tertiary/aromatic N) is 2. The first-order chi connectivity index (χ1) is 18.4. The fourth-order valence-corrected chi connectivity index (χ4v) is 4.82. The molecule has 2 heterocycles. The van der Waals surface area contributed by atoms with Crippen LogP contribution in [0.1, 0.15) is 36.5 Å². The van der Waals surface area contributed by atoms with Crippen LogP contribution in [0.4, 0.5) is 5.69 Å². The molecule has 8 nitrogen and oxygen atoms in total. The number of H-pyrrole nitrogens is 1. The SMILES string of the molecule is CCC(C)Nc1ccc(Oc2ccc3nc(COc4ccc(Cc5sc(=O)[nH]c5O)cc4)n(C)c3c2)cc1. The first-order valence-electron chi connectivity index (χ1n) is 12.5. The second kappa shape index (κ2) is 11.0. The molecule has 0 aliphatic rings. The van der Waals surface area contributed by atoms with Crippen LogP contribution >= 0.6 is 11.3 Å². The Kier molecular flexibility index (Phi) is 7.37. The Morgan fingerprint density at radius 1 is 1.05 bits per heavy atom. The molecule has 0 aliphatic heterocycles. The summed E-state index contributed by atoms with van der Waals surface area (Å²) in [7, 11) is 1.96. The Morgan fingerprint density at radius 2 is 1.76 bits per heavy atom. The van der Waals surface area contributed by atoms with Crippen molar-refractivity contribution in [2.24, 2.45) is 7.05 Å². The van der Waals surface area contributed by atoms with Gasteiger partial charge in [-0.15, -0.1) is 0 Å². The number of aromatic nitrogens is 3. The molecular formula is C29H30N4O4S. The van der Waals surface area contributed by atoms with Gasteiger partial charge in [-0.1, -0.05) is 30.4 Å². The fraction of sp³-hybridized carbons (Fsp3) is 0.241. The summed E-state index contributed by atoms with van der Waals surface area (Å²) >= 11 is 1.01. The van der Waals surface area contributed by atoms with E-state index in [1.807, 2.05) is 78.3 Å². The molecule has 0 saturated heterocycles. The molecule has 3 N–H and O–H groups in total. The van der Waals surface area contributed by atoms with E-state index in [0.717, 1.165) is 57.4 Å². The topological polar surface area (TPSA) is 101 Å². The van der Waals surface area contributed by atoms with Crippen LogP contribution in [-0.2, 0) is 20.1 Å². The van der Waals surface area contributed by atoms with E-state index >= 15 is 0 Å². The zero-order chi connectivity index (χ0) is 26.6. The molecule has 0 amide bonds. The van der Waals surface area contributed by atoms with Gasteiger partial charge in [0.25, 0.3) is 0 Å². The fourth-order valence-electron chi connectivity index (χ4n) is 4.06. The molecule has 0 radical (unpaired) electrons. The zero-order valence-corrected chi connectivity index (χ0v) is 22.3. The molecule has 5 aromatic rings. The number of imidazole rings is 1. The van der Waals surface area contributed by atoms with Crippen molar-refractivity contribution in [2.45, 2.75) is 39.3 Å². The molecular weight excluding hydrogens is 500 g/mol. The summed E-state index contributed by atoms with van der Waals surface area (Å²) in [5.74, 6) is 2.95. The Labute approximate surface area is 224 Å². The average molecular weight is 531 g/mol. The minimum atomic E-state index is -0.262. The molecule has 0 fully saturated rings. The standard InChI is InChI=1S/C29H30N4O4S/c1-4-18(2)30-20-7-11-22(12-8-20)37-23-13-14-24-25(16-23)33(3)27(31-24)17-36-21-9-5-19(6-10-21)15-26-28(34)32-29(35)38-26/h5-14,16,18,30,34H,4,15,17H2,1-3H3,(H,32,35). The highest BCUT2D eigenvalue weighted by molar-refractivity contribution is 7.09. The lowest BCUT2D eigenvalue weighted by Crippen LogP contribution is -2.12. The largest absolute Gasteiger partial charge is 0.494 e. The summed E-state index contributed by atoms with van der Waals surface area (Å²) in [4.78, 5) is 18.9. The normalized spacial score (nSPS) is 12.0. The summed E-state index contributed by atoms with van der Waals surface area (Å²) in [5.41, 5.74) is 3.87. The van der Waals surface area contributed by atoms with Crippen LogP contribution in [0.2, 0.25) is 0 Å². The Hall–Kier alpha value is -4.24. The number of fused-ring (bicyclic) bond motifs is 1. The molecule has 0 aliphatic carbocycles. The molecule has 2 aromatic heterocycles. The third kappa shape index (κ3) is 5.84. The average Bonchev–Trinajstić information content (AvgIpc) is 3.41. The highest BCUT2D eigenvalue weighted by atomic mass is 32.1. The number of nitrogens with one attached hydrogen (secondary N) is 2. The van der Waals surface area contributed by atoms with Crippen molar-refractivity contribution in [1.82, 2.24) is 14.5 Å². The number of ether oxygens (including phenoxy) is 2. The number of benzene rings is 3. The zero-order valence-electron chi connectivity index (χ0n) is 21.5. The van der Waals surface area contributed by atoms with E-state index in [-0.39, 0.29) is 10.8 Å². The minimum absolute atomic E-state index is 0.0667. The highest BCUT2D eigenvalue weighted by Gasteiger charge is 2.11. The van der Waals surface area contributed by atoms with Gasteiger partial charge < -0.3 is 24.5 Å². The van der Waals surface area contributed by atoms with Crippen LogP contribution in [-0.4, -0.2) is 25.7 Å². The van der Waals surface area contributed by atoms with Crippen LogP contribution in [0, 0.1) is 0 Å². The van der Waals surface area contributed by atoms with Crippen LogP contribution in [0.3, 0.4) is 0 Å².